The molecule has 1 saturated heterocycles. The van der Waals surface area contributed by atoms with Crippen LogP contribution >= 0.6 is 0 Å². The van der Waals surface area contributed by atoms with Gasteiger partial charge >= 0.3 is 115 Å². The molecule has 4 aliphatic carbocycles. The Morgan fingerprint density at radius 3 is 2.20 bits per heavy atom. The van der Waals surface area contributed by atoms with Gasteiger partial charge in [0, 0.05) is 11.8 Å². The number of aliphatic hydroxyl groups excluding tert-OH is 2. The Bertz CT molecular complexity index is 1490. The second-order valence-corrected chi connectivity index (χ2v) is 16.8. The van der Waals surface area contributed by atoms with E-state index in [2.05, 4.69) is 14.9 Å². The standard InChI is InChI=1S/C30H46O16S2.2K/c1-14(2)9-22(32)44-25-24(46-48(39,40)41)23(45-47(36,37)38)20(13-31)43-28(25)42-17-10-18(27(34)35)19-7-8-30-11-16(15(3)26(30)33)5-6-21(30)29(19,4)12-17;;/h14,16-21,23-26,28,31,33H,3,5-13H2,1-2,4H3,(H,34,35)(H,36,37,38)(H,39,40,41);;/q;2*+1/p-2/t16?,17?,18?,19-,20?,21?,23?,24?,25?,26?,28?,29+,30-;;/m1../s1. The number of carboxylic acids is 1. The van der Waals surface area contributed by atoms with Crippen LogP contribution < -0.4 is 103 Å². The van der Waals surface area contributed by atoms with E-state index in [1.54, 1.807) is 13.8 Å². The van der Waals surface area contributed by atoms with Gasteiger partial charge in [0.2, 0.25) is 20.8 Å². The average Bonchev–Trinajstić information content (AvgIpc) is 3.12. The smallest absolute Gasteiger partial charge is 0.726 e. The maximum Gasteiger partial charge on any atom is 1.00 e. The van der Waals surface area contributed by atoms with Crippen molar-refractivity contribution in [2.24, 2.45) is 40.4 Å². The molecule has 2 bridgehead atoms. The molecule has 0 radical (unpaired) electrons. The Hall–Kier alpha value is 1.53. The third-order valence-electron chi connectivity index (χ3n) is 11.5. The van der Waals surface area contributed by atoms with E-state index in [1.165, 1.54) is 0 Å². The van der Waals surface area contributed by atoms with Gasteiger partial charge in [-0.15, -0.1) is 0 Å². The van der Waals surface area contributed by atoms with Crippen molar-refractivity contribution in [3.8, 4) is 0 Å². The molecular formula is C30H44K2O16S2. The second-order valence-electron chi connectivity index (χ2n) is 14.8. The quantitative estimate of drug-likeness (QED) is 0.0442. The van der Waals surface area contributed by atoms with Crippen molar-refractivity contribution in [1.29, 1.82) is 0 Å². The molecule has 274 valence electrons. The van der Waals surface area contributed by atoms with Gasteiger partial charge in [0.25, 0.3) is 0 Å². The van der Waals surface area contributed by atoms with Crippen LogP contribution in [0.25, 0.3) is 0 Å². The van der Waals surface area contributed by atoms with Crippen LogP contribution in [0, 0.1) is 40.4 Å². The van der Waals surface area contributed by atoms with E-state index in [4.69, 9.17) is 14.2 Å². The Balaban J connectivity index is 0.00000338. The molecule has 0 amide bonds. The first-order chi connectivity index (χ1) is 22.2. The molecule has 20 heteroatoms. The van der Waals surface area contributed by atoms with Gasteiger partial charge in [0.15, 0.2) is 12.4 Å². The Kier molecular flexibility index (Phi) is 15.9. The number of hydrogen-bond acceptors (Lipinski definition) is 15. The molecule has 0 aromatic carbocycles. The van der Waals surface area contributed by atoms with Gasteiger partial charge in [-0.3, -0.25) is 18.0 Å². The van der Waals surface area contributed by atoms with Crippen LogP contribution in [-0.2, 0) is 53.0 Å². The molecule has 1 spiro atoms. The fraction of sp³-hybridized carbons (Fsp3) is 0.867. The monoisotopic (exact) mass is 802 g/mol. The summed E-state index contributed by atoms with van der Waals surface area (Å²) in [7, 11) is -11.3. The number of carboxylic acid groups (broad SMARTS) is 1. The van der Waals surface area contributed by atoms with E-state index in [9.17, 15) is 50.8 Å². The number of carbonyl (C=O) groups excluding carboxylic acids is 1. The van der Waals surface area contributed by atoms with Crippen LogP contribution in [0.3, 0.4) is 0 Å². The first kappa shape index (κ1) is 45.9. The molecule has 13 atom stereocenters. The number of aliphatic hydroxyl groups is 2. The minimum absolute atomic E-state index is 0. The van der Waals surface area contributed by atoms with Crippen molar-refractivity contribution < 1.29 is 176 Å². The molecule has 4 saturated carbocycles. The van der Waals surface area contributed by atoms with Crippen molar-refractivity contribution in [1.82, 2.24) is 0 Å². The summed E-state index contributed by atoms with van der Waals surface area (Å²) >= 11 is 0. The van der Waals surface area contributed by atoms with Crippen LogP contribution in [0.15, 0.2) is 12.2 Å². The van der Waals surface area contributed by atoms with Crippen LogP contribution in [0.2, 0.25) is 0 Å². The number of esters is 1. The number of aliphatic carboxylic acids is 1. The maximum atomic E-state index is 12.9. The van der Waals surface area contributed by atoms with Crippen molar-refractivity contribution in [3.05, 3.63) is 12.2 Å². The minimum atomic E-state index is -5.69. The summed E-state index contributed by atoms with van der Waals surface area (Å²) in [4.78, 5) is 25.6. The Morgan fingerprint density at radius 2 is 1.64 bits per heavy atom. The molecule has 5 aliphatic rings. The number of ether oxygens (including phenoxy) is 3. The summed E-state index contributed by atoms with van der Waals surface area (Å²) in [5.41, 5.74) is -0.359. The van der Waals surface area contributed by atoms with E-state index in [1.807, 2.05) is 6.92 Å². The van der Waals surface area contributed by atoms with Crippen molar-refractivity contribution in [3.63, 3.8) is 0 Å². The summed E-state index contributed by atoms with van der Waals surface area (Å²) < 4.78 is 96.9. The van der Waals surface area contributed by atoms with Crippen molar-refractivity contribution in [2.75, 3.05) is 6.61 Å². The Labute approximate surface area is 377 Å². The second kappa shape index (κ2) is 17.4. The van der Waals surface area contributed by atoms with Crippen LogP contribution in [0.4, 0.5) is 0 Å². The van der Waals surface area contributed by atoms with E-state index in [0.717, 1.165) is 24.8 Å². The molecule has 1 aliphatic heterocycles. The first-order valence-electron chi connectivity index (χ1n) is 16.2. The van der Waals surface area contributed by atoms with E-state index < -0.39 is 99.0 Å². The average molecular weight is 803 g/mol. The van der Waals surface area contributed by atoms with E-state index in [-0.39, 0.29) is 146 Å². The SMILES string of the molecule is C=C1C2CCC3[C@@](CC[C@@H]4C(C(=O)O)CC(OC5OC(CO)C(OS(=O)(=O)[O-])C(OS(=O)(=O)[O-])C5OC(=O)CC(C)C)C[C@]34C)(C2)C1O.[K+].[K+]. The first-order valence-corrected chi connectivity index (χ1v) is 18.8. The molecule has 5 rings (SSSR count). The number of hydrogen-bond donors (Lipinski definition) is 3. The van der Waals surface area contributed by atoms with Crippen LogP contribution in [0.5, 0.6) is 0 Å². The number of fused-ring (bicyclic) bond motifs is 3. The van der Waals surface area contributed by atoms with Gasteiger partial charge < -0.3 is 38.6 Å². The van der Waals surface area contributed by atoms with Gasteiger partial charge in [-0.25, -0.2) is 16.8 Å². The van der Waals surface area contributed by atoms with Crippen LogP contribution in [0.1, 0.15) is 72.1 Å². The summed E-state index contributed by atoms with van der Waals surface area (Å²) in [5.74, 6) is -3.38. The van der Waals surface area contributed by atoms with Gasteiger partial charge in [-0.1, -0.05) is 27.4 Å². The summed E-state index contributed by atoms with van der Waals surface area (Å²) in [6, 6.07) is 0. The molecule has 16 nitrogen and oxygen atoms in total. The normalized spacial score (nSPS) is 41.3. The zero-order chi connectivity index (χ0) is 35.6. The van der Waals surface area contributed by atoms with Crippen LogP contribution in [-0.4, -0.2) is 103 Å². The molecule has 0 aromatic heterocycles. The zero-order valence-electron chi connectivity index (χ0n) is 29.0. The Morgan fingerprint density at radius 1 is 1.02 bits per heavy atom. The molecule has 1 heterocycles. The van der Waals surface area contributed by atoms with E-state index in [0.29, 0.717) is 12.8 Å². The number of carbonyl (C=O) groups is 2. The van der Waals surface area contributed by atoms with Gasteiger partial charge in [-0.05, 0) is 79.6 Å². The summed E-state index contributed by atoms with van der Waals surface area (Å²) in [5, 5.41) is 31.9. The van der Waals surface area contributed by atoms with Crippen molar-refractivity contribution in [2.45, 2.75) is 115 Å². The van der Waals surface area contributed by atoms with Crippen molar-refractivity contribution >= 4 is 32.7 Å². The molecule has 5 fully saturated rings. The molecule has 50 heavy (non-hydrogen) atoms. The third kappa shape index (κ3) is 9.55. The molecular weight excluding hydrogens is 759 g/mol. The fourth-order valence-electron chi connectivity index (χ4n) is 9.81. The fourth-order valence-corrected chi connectivity index (χ4v) is 10.8. The maximum absolute atomic E-state index is 12.9. The molecule has 0 aromatic rings. The molecule has 3 N–H and O–H groups in total. The predicted octanol–water partition coefficient (Wildman–Crippen LogP) is -5.01. The minimum Gasteiger partial charge on any atom is -0.726 e. The zero-order valence-corrected chi connectivity index (χ0v) is 36.8. The summed E-state index contributed by atoms with van der Waals surface area (Å²) in [6.07, 6.45) is -8.49. The summed E-state index contributed by atoms with van der Waals surface area (Å²) in [6.45, 7) is 8.41. The van der Waals surface area contributed by atoms with Gasteiger partial charge in [-0.2, -0.15) is 0 Å². The largest absolute Gasteiger partial charge is 1.00 e. The predicted molar refractivity (Wildman–Crippen MR) is 159 cm³/mol. The van der Waals surface area contributed by atoms with Gasteiger partial charge in [0.05, 0.1) is 24.7 Å². The van der Waals surface area contributed by atoms with Gasteiger partial charge in [0.1, 0.15) is 18.3 Å². The molecule has 10 unspecified atom stereocenters. The third-order valence-corrected chi connectivity index (χ3v) is 12.4. The number of rotatable bonds is 11. The topological polar surface area (TPSA) is 255 Å². The van der Waals surface area contributed by atoms with E-state index >= 15 is 0 Å².